The number of fused-ring (bicyclic) bond motifs is 1. The van der Waals surface area contributed by atoms with Crippen LogP contribution < -0.4 is 16.4 Å². The van der Waals surface area contributed by atoms with E-state index in [2.05, 4.69) is 10.6 Å². The summed E-state index contributed by atoms with van der Waals surface area (Å²) in [7, 11) is -3.36. The predicted molar refractivity (Wildman–Crippen MR) is 100.0 cm³/mol. The first-order valence-corrected chi connectivity index (χ1v) is 8.90. The lowest BCUT2D eigenvalue weighted by molar-refractivity contribution is 0.605. The molecule has 0 saturated heterocycles. The molecule has 122 valence electrons. The van der Waals surface area contributed by atoms with Crippen LogP contribution in [0.5, 0.6) is 0 Å². The highest BCUT2D eigenvalue weighted by atomic mass is 32.2. The van der Waals surface area contributed by atoms with Crippen LogP contribution in [0, 0.1) is 5.41 Å². The van der Waals surface area contributed by atoms with Gasteiger partial charge < -0.3 is 16.4 Å². The van der Waals surface area contributed by atoms with E-state index < -0.39 is 9.84 Å². The van der Waals surface area contributed by atoms with Crippen LogP contribution in [0.3, 0.4) is 0 Å². The Morgan fingerprint density at radius 2 is 1.79 bits per heavy atom. The molecule has 0 aliphatic carbocycles. The lowest BCUT2D eigenvalue weighted by Gasteiger charge is -2.12. The zero-order chi connectivity index (χ0) is 17.3. The Labute approximate surface area is 144 Å². The molecule has 1 aliphatic heterocycles. The second-order valence-corrected chi connectivity index (χ2v) is 7.38. The fraction of sp³-hybridized carbons (Fsp3) is 0. The van der Waals surface area contributed by atoms with Crippen molar-refractivity contribution in [1.29, 1.82) is 5.41 Å². The van der Waals surface area contributed by atoms with Crippen molar-refractivity contribution in [2.24, 2.45) is 5.73 Å². The molecule has 0 bridgehead atoms. The zero-order valence-electron chi connectivity index (χ0n) is 12.4. The second kappa shape index (κ2) is 6.06. The number of nitrogens with two attached hydrogens (primary N) is 1. The topological polar surface area (TPSA) is 108 Å². The molecule has 5 N–H and O–H groups in total. The molecule has 0 atom stereocenters. The maximum absolute atomic E-state index is 11.9. The normalized spacial score (nSPS) is 14.0. The molecular weight excluding hydrogens is 344 g/mol. The number of nitrogens with one attached hydrogen (secondary N) is 3. The third kappa shape index (κ3) is 3.29. The largest absolute Gasteiger partial charge is 0.384 e. The van der Waals surface area contributed by atoms with E-state index in [0.29, 0.717) is 27.6 Å². The van der Waals surface area contributed by atoms with Crippen molar-refractivity contribution >= 4 is 50.5 Å². The monoisotopic (exact) mass is 358 g/mol. The summed E-state index contributed by atoms with van der Waals surface area (Å²) < 4.78 is 23.8. The van der Waals surface area contributed by atoms with E-state index >= 15 is 0 Å². The van der Waals surface area contributed by atoms with Crippen molar-refractivity contribution in [1.82, 2.24) is 0 Å². The molecule has 1 aliphatic rings. The van der Waals surface area contributed by atoms with E-state index in [0.717, 1.165) is 0 Å². The van der Waals surface area contributed by atoms with Gasteiger partial charge in [0.1, 0.15) is 5.84 Å². The van der Waals surface area contributed by atoms with Crippen LogP contribution in [-0.2, 0) is 9.84 Å². The molecule has 3 rings (SSSR count). The second-order valence-electron chi connectivity index (χ2n) is 5.17. The molecule has 24 heavy (non-hydrogen) atoms. The molecule has 0 amide bonds. The maximum Gasteiger partial charge on any atom is 0.200 e. The summed E-state index contributed by atoms with van der Waals surface area (Å²) in [4.78, 5) is 0.258. The molecule has 0 aromatic heterocycles. The van der Waals surface area contributed by atoms with Gasteiger partial charge in [-0.1, -0.05) is 18.2 Å². The number of amidine groups is 1. The number of nitrogen functional groups attached to an aromatic ring is 1. The van der Waals surface area contributed by atoms with Crippen LogP contribution in [-0.4, -0.2) is 19.4 Å². The number of rotatable bonds is 3. The molecule has 8 heteroatoms. The quantitative estimate of drug-likeness (QED) is 0.381. The highest BCUT2D eigenvalue weighted by Gasteiger charge is 2.20. The first-order chi connectivity index (χ1) is 11.3. The summed E-state index contributed by atoms with van der Waals surface area (Å²) >= 11 is 5.24. The van der Waals surface area contributed by atoms with Crippen LogP contribution >= 0.6 is 12.2 Å². The van der Waals surface area contributed by atoms with E-state index in [1.54, 1.807) is 48.5 Å². The molecule has 0 spiro atoms. The Morgan fingerprint density at radius 1 is 1.08 bits per heavy atom. The summed E-state index contributed by atoms with van der Waals surface area (Å²) in [5.41, 5.74) is 7.95. The summed E-state index contributed by atoms with van der Waals surface area (Å²) in [6, 6.07) is 12.0. The minimum atomic E-state index is -3.36. The molecule has 1 heterocycles. The third-order valence-electron chi connectivity index (χ3n) is 3.44. The van der Waals surface area contributed by atoms with Gasteiger partial charge in [0.05, 0.1) is 4.90 Å². The molecule has 2 aromatic carbocycles. The Hall–Kier alpha value is -2.71. The molecule has 0 unspecified atom stereocenters. The standard InChI is InChI=1S/C16H14N4O2S2/c17-15(18)11-2-1-3-12(8-11)19-16(23)20-13-5-4-10-6-7-24(21,22)14(10)9-13/h1-9H,(H3,17,18)(H2,19,20,23). The van der Waals surface area contributed by atoms with Crippen molar-refractivity contribution in [3.8, 4) is 0 Å². The maximum atomic E-state index is 11.9. The van der Waals surface area contributed by atoms with Crippen molar-refractivity contribution < 1.29 is 8.42 Å². The van der Waals surface area contributed by atoms with E-state index in [1.807, 2.05) is 0 Å². The van der Waals surface area contributed by atoms with Gasteiger partial charge >= 0.3 is 0 Å². The van der Waals surface area contributed by atoms with Gasteiger partial charge in [-0.05, 0) is 48.1 Å². The third-order valence-corrected chi connectivity index (χ3v) is 5.10. The van der Waals surface area contributed by atoms with E-state index in [1.165, 1.54) is 5.41 Å². The van der Waals surface area contributed by atoms with Gasteiger partial charge in [-0.2, -0.15) is 0 Å². The van der Waals surface area contributed by atoms with Crippen LogP contribution in [0.1, 0.15) is 11.1 Å². The van der Waals surface area contributed by atoms with Crippen LogP contribution in [0.15, 0.2) is 52.8 Å². The first-order valence-electron chi connectivity index (χ1n) is 6.95. The molecule has 2 aromatic rings. The molecular formula is C16H14N4O2S2. The van der Waals surface area contributed by atoms with E-state index in [9.17, 15) is 8.42 Å². The zero-order valence-corrected chi connectivity index (χ0v) is 14.0. The average Bonchev–Trinajstić information content (AvgIpc) is 2.83. The number of thiocarbonyl (C=S) groups is 1. The predicted octanol–water partition coefficient (Wildman–Crippen LogP) is 2.54. The molecule has 0 radical (unpaired) electrons. The Morgan fingerprint density at radius 3 is 2.50 bits per heavy atom. The molecule has 0 fully saturated rings. The van der Waals surface area contributed by atoms with Crippen molar-refractivity contribution in [3.05, 3.63) is 59.0 Å². The number of sulfone groups is 1. The number of hydrogen-bond donors (Lipinski definition) is 4. The SMILES string of the molecule is N=C(N)c1cccc(NC(=S)Nc2ccc3c(c2)S(=O)(=O)C=C3)c1. The minimum absolute atomic E-state index is 0.0335. The fourth-order valence-electron chi connectivity index (χ4n) is 2.29. The van der Waals surface area contributed by atoms with Gasteiger partial charge in [0.25, 0.3) is 0 Å². The van der Waals surface area contributed by atoms with E-state index in [4.69, 9.17) is 23.4 Å². The number of benzene rings is 2. The van der Waals surface area contributed by atoms with Crippen molar-refractivity contribution in [3.63, 3.8) is 0 Å². The highest BCUT2D eigenvalue weighted by molar-refractivity contribution is 7.94. The van der Waals surface area contributed by atoms with Gasteiger partial charge in [0.15, 0.2) is 5.11 Å². The number of hydrogen-bond acceptors (Lipinski definition) is 4. The van der Waals surface area contributed by atoms with Gasteiger partial charge in [-0.3, -0.25) is 5.41 Å². The smallest absolute Gasteiger partial charge is 0.200 e. The lowest BCUT2D eigenvalue weighted by atomic mass is 10.2. The van der Waals surface area contributed by atoms with Gasteiger partial charge in [0.2, 0.25) is 9.84 Å². The number of anilines is 2. The highest BCUT2D eigenvalue weighted by Crippen LogP contribution is 2.29. The van der Waals surface area contributed by atoms with Gasteiger partial charge in [0, 0.05) is 22.3 Å². The Kier molecular flexibility index (Phi) is 4.08. The van der Waals surface area contributed by atoms with Crippen LogP contribution in [0.4, 0.5) is 11.4 Å². The summed E-state index contributed by atoms with van der Waals surface area (Å²) in [6.45, 7) is 0. The molecule has 0 saturated carbocycles. The van der Waals surface area contributed by atoms with Gasteiger partial charge in [-0.15, -0.1) is 0 Å². The summed E-state index contributed by atoms with van der Waals surface area (Å²) in [6.07, 6.45) is 1.57. The van der Waals surface area contributed by atoms with Crippen molar-refractivity contribution in [2.75, 3.05) is 10.6 Å². The van der Waals surface area contributed by atoms with Crippen LogP contribution in [0.2, 0.25) is 0 Å². The average molecular weight is 358 g/mol. The summed E-state index contributed by atoms with van der Waals surface area (Å²) in [5.74, 6) is -0.0335. The Balaban J connectivity index is 1.75. The fourth-order valence-corrected chi connectivity index (χ4v) is 3.75. The lowest BCUT2D eigenvalue weighted by Crippen LogP contribution is -2.20. The van der Waals surface area contributed by atoms with E-state index in [-0.39, 0.29) is 10.7 Å². The Bertz CT molecular complexity index is 981. The van der Waals surface area contributed by atoms with Crippen molar-refractivity contribution in [2.45, 2.75) is 4.90 Å². The minimum Gasteiger partial charge on any atom is -0.384 e. The summed E-state index contributed by atoms with van der Waals surface area (Å²) in [5, 5.41) is 14.9. The first kappa shape index (κ1) is 16.2. The van der Waals surface area contributed by atoms with Gasteiger partial charge in [-0.25, -0.2) is 8.42 Å². The van der Waals surface area contributed by atoms with Crippen LogP contribution in [0.25, 0.3) is 6.08 Å². The molecule has 6 nitrogen and oxygen atoms in total.